The quantitative estimate of drug-likeness (QED) is 0.202. The number of non-ortho nitro benzene ring substituents is 1. The molecule has 11 nitrogen and oxygen atoms in total. The van der Waals surface area contributed by atoms with Crippen molar-refractivity contribution in [3.05, 3.63) is 63.1 Å². The van der Waals surface area contributed by atoms with Gasteiger partial charge in [0.25, 0.3) is 5.69 Å². The molecule has 1 amide bonds. The number of ether oxygens (including phenoxy) is 1. The maximum absolute atomic E-state index is 12.6. The second-order valence-electron chi connectivity index (χ2n) is 7.71. The fraction of sp³-hybridized carbons (Fsp3) is 0.348. The zero-order valence-electron chi connectivity index (χ0n) is 18.7. The van der Waals surface area contributed by atoms with Gasteiger partial charge in [0.15, 0.2) is 5.58 Å². The van der Waals surface area contributed by atoms with Crippen molar-refractivity contribution in [1.29, 1.82) is 0 Å². The third kappa shape index (κ3) is 4.99. The van der Waals surface area contributed by atoms with Gasteiger partial charge in [-0.25, -0.2) is 9.78 Å². The number of hydrogen-bond donors (Lipinski definition) is 1. The molecule has 0 saturated carbocycles. The highest BCUT2D eigenvalue weighted by molar-refractivity contribution is 5.91. The number of rotatable bonds is 11. The SMILES string of the molecule is CCOCCCn1c(NC(=O)CCCn2c(=O)oc3cc([N+](=O)[O-])ccc32)nc2ccccc21. The number of nitrogens with one attached hydrogen (secondary N) is 1. The van der Waals surface area contributed by atoms with Gasteiger partial charge in [0.1, 0.15) is 0 Å². The highest BCUT2D eigenvalue weighted by atomic mass is 16.6. The van der Waals surface area contributed by atoms with Gasteiger partial charge >= 0.3 is 5.76 Å². The number of aromatic nitrogens is 3. The molecule has 0 bridgehead atoms. The molecule has 11 heteroatoms. The molecule has 0 aliphatic rings. The van der Waals surface area contributed by atoms with Crippen molar-refractivity contribution in [2.75, 3.05) is 18.5 Å². The third-order valence-corrected chi connectivity index (χ3v) is 5.43. The van der Waals surface area contributed by atoms with Gasteiger partial charge in [0, 0.05) is 38.8 Å². The number of anilines is 1. The number of carbonyl (C=O) groups is 1. The molecule has 4 aromatic rings. The molecule has 0 radical (unpaired) electrons. The number of hydrogen-bond acceptors (Lipinski definition) is 7. The van der Waals surface area contributed by atoms with Gasteiger partial charge in [0.05, 0.1) is 27.5 Å². The summed E-state index contributed by atoms with van der Waals surface area (Å²) in [5.74, 6) is -0.370. The Morgan fingerprint density at radius 2 is 1.94 bits per heavy atom. The van der Waals surface area contributed by atoms with Gasteiger partial charge in [-0.15, -0.1) is 0 Å². The summed E-state index contributed by atoms with van der Waals surface area (Å²) in [5.41, 5.74) is 2.16. The first kappa shape index (κ1) is 23.2. The molecular formula is C23H25N5O6. The lowest BCUT2D eigenvalue weighted by Crippen LogP contribution is -2.19. The smallest absolute Gasteiger partial charge is 0.407 e. The number of benzene rings is 2. The molecule has 0 aliphatic carbocycles. The Balaban J connectivity index is 1.41. The monoisotopic (exact) mass is 467 g/mol. The van der Waals surface area contributed by atoms with E-state index in [1.54, 1.807) is 0 Å². The van der Waals surface area contributed by atoms with E-state index in [0.29, 0.717) is 37.6 Å². The summed E-state index contributed by atoms with van der Waals surface area (Å²) < 4.78 is 13.9. The summed E-state index contributed by atoms with van der Waals surface area (Å²) in [6, 6.07) is 11.7. The number of oxazole rings is 1. The maximum Gasteiger partial charge on any atom is 0.419 e. The number of fused-ring (bicyclic) bond motifs is 2. The van der Waals surface area contributed by atoms with Crippen molar-refractivity contribution in [2.45, 2.75) is 39.3 Å². The molecule has 0 fully saturated rings. The van der Waals surface area contributed by atoms with Crippen molar-refractivity contribution >= 4 is 39.7 Å². The summed E-state index contributed by atoms with van der Waals surface area (Å²) in [7, 11) is 0. The van der Waals surface area contributed by atoms with Gasteiger partial charge < -0.3 is 13.7 Å². The minimum absolute atomic E-state index is 0.143. The topological polar surface area (TPSA) is 134 Å². The highest BCUT2D eigenvalue weighted by Gasteiger charge is 2.16. The summed E-state index contributed by atoms with van der Waals surface area (Å²) in [4.78, 5) is 39.7. The van der Waals surface area contributed by atoms with Crippen LogP contribution < -0.4 is 11.1 Å². The van der Waals surface area contributed by atoms with Crippen molar-refractivity contribution in [1.82, 2.24) is 14.1 Å². The van der Waals surface area contributed by atoms with Crippen LogP contribution in [-0.4, -0.2) is 38.2 Å². The second kappa shape index (κ2) is 10.3. The third-order valence-electron chi connectivity index (χ3n) is 5.43. The fourth-order valence-corrected chi connectivity index (χ4v) is 3.83. The van der Waals surface area contributed by atoms with Gasteiger partial charge in [-0.05, 0) is 38.0 Å². The lowest BCUT2D eigenvalue weighted by molar-refractivity contribution is -0.384. The average Bonchev–Trinajstić information content (AvgIpc) is 3.32. The summed E-state index contributed by atoms with van der Waals surface area (Å²) in [6.07, 6.45) is 1.32. The normalized spacial score (nSPS) is 11.3. The van der Waals surface area contributed by atoms with Crippen molar-refractivity contribution in [2.24, 2.45) is 0 Å². The van der Waals surface area contributed by atoms with Gasteiger partial charge in [0.2, 0.25) is 11.9 Å². The number of aryl methyl sites for hydroxylation is 2. The van der Waals surface area contributed by atoms with E-state index in [4.69, 9.17) is 9.15 Å². The van der Waals surface area contributed by atoms with Crippen LogP contribution in [0, 0.1) is 10.1 Å². The van der Waals surface area contributed by atoms with Crippen LogP contribution in [0.15, 0.2) is 51.7 Å². The van der Waals surface area contributed by atoms with Crippen LogP contribution in [0.5, 0.6) is 0 Å². The number of imidazole rings is 1. The molecule has 0 aliphatic heterocycles. The van der Waals surface area contributed by atoms with Crippen molar-refractivity contribution < 1.29 is 18.9 Å². The predicted molar refractivity (Wildman–Crippen MR) is 126 cm³/mol. The summed E-state index contributed by atoms with van der Waals surface area (Å²) in [6.45, 7) is 4.11. The van der Waals surface area contributed by atoms with Crippen LogP contribution in [0.4, 0.5) is 11.6 Å². The van der Waals surface area contributed by atoms with E-state index in [1.807, 2.05) is 35.8 Å². The molecule has 4 rings (SSSR count). The van der Waals surface area contributed by atoms with Crippen LogP contribution in [-0.2, 0) is 22.6 Å². The zero-order chi connectivity index (χ0) is 24.1. The predicted octanol–water partition coefficient (Wildman–Crippen LogP) is 3.70. The van der Waals surface area contributed by atoms with E-state index in [1.165, 1.54) is 22.8 Å². The van der Waals surface area contributed by atoms with Crippen LogP contribution >= 0.6 is 0 Å². The Hall–Kier alpha value is -3.99. The molecule has 2 heterocycles. The molecular weight excluding hydrogens is 442 g/mol. The van der Waals surface area contributed by atoms with E-state index in [-0.39, 0.29) is 30.1 Å². The molecule has 1 N–H and O–H groups in total. The number of nitro benzene ring substituents is 1. The standard InChI is InChI=1S/C23H25N5O6/c1-2-33-14-6-13-26-18-8-4-3-7-17(18)24-22(26)25-21(29)9-5-12-27-19-11-10-16(28(31)32)15-20(19)34-23(27)30/h3-4,7-8,10-11,15H,2,5-6,9,12-14H2,1H3,(H,24,25,29). The van der Waals surface area contributed by atoms with Crippen LogP contribution in [0.2, 0.25) is 0 Å². The van der Waals surface area contributed by atoms with Crippen molar-refractivity contribution in [3.63, 3.8) is 0 Å². The first-order chi connectivity index (χ1) is 16.5. The molecule has 2 aromatic carbocycles. The zero-order valence-corrected chi connectivity index (χ0v) is 18.7. The van der Waals surface area contributed by atoms with Crippen LogP contribution in [0.1, 0.15) is 26.2 Å². The fourth-order valence-electron chi connectivity index (χ4n) is 3.83. The molecule has 0 spiro atoms. The number of amides is 1. The highest BCUT2D eigenvalue weighted by Crippen LogP contribution is 2.22. The Morgan fingerprint density at radius 3 is 2.74 bits per heavy atom. The molecule has 0 atom stereocenters. The van der Waals surface area contributed by atoms with E-state index in [2.05, 4.69) is 10.3 Å². The van der Waals surface area contributed by atoms with E-state index in [9.17, 15) is 19.7 Å². The maximum atomic E-state index is 12.6. The minimum Gasteiger partial charge on any atom is -0.407 e. The summed E-state index contributed by atoms with van der Waals surface area (Å²) in [5, 5.41) is 13.8. The Morgan fingerprint density at radius 1 is 1.15 bits per heavy atom. The largest absolute Gasteiger partial charge is 0.419 e. The number of carbonyl (C=O) groups excluding carboxylic acids is 1. The van der Waals surface area contributed by atoms with Crippen LogP contribution in [0.3, 0.4) is 0 Å². The average molecular weight is 467 g/mol. The number of para-hydroxylation sites is 2. The number of nitrogens with zero attached hydrogens (tertiary/aromatic N) is 4. The Labute approximate surface area is 194 Å². The van der Waals surface area contributed by atoms with Crippen molar-refractivity contribution in [3.8, 4) is 0 Å². The molecule has 178 valence electrons. The molecule has 2 aromatic heterocycles. The van der Waals surface area contributed by atoms with E-state index < -0.39 is 10.7 Å². The lowest BCUT2D eigenvalue weighted by atomic mass is 10.2. The van der Waals surface area contributed by atoms with E-state index in [0.717, 1.165) is 17.5 Å². The van der Waals surface area contributed by atoms with Gasteiger partial charge in [-0.2, -0.15) is 0 Å². The number of nitro groups is 1. The van der Waals surface area contributed by atoms with Gasteiger partial charge in [-0.3, -0.25) is 24.8 Å². The van der Waals surface area contributed by atoms with Crippen LogP contribution in [0.25, 0.3) is 22.1 Å². The first-order valence-electron chi connectivity index (χ1n) is 11.1. The molecule has 0 unspecified atom stereocenters. The van der Waals surface area contributed by atoms with E-state index >= 15 is 0 Å². The first-order valence-corrected chi connectivity index (χ1v) is 11.1. The lowest BCUT2D eigenvalue weighted by Gasteiger charge is -2.10. The molecule has 34 heavy (non-hydrogen) atoms. The summed E-state index contributed by atoms with van der Waals surface area (Å²) >= 11 is 0. The Bertz CT molecular complexity index is 1390. The van der Waals surface area contributed by atoms with Gasteiger partial charge in [-0.1, -0.05) is 12.1 Å². The Kier molecular flexibility index (Phi) is 7.02. The molecule has 0 saturated heterocycles. The minimum atomic E-state index is -0.619. The second-order valence-corrected chi connectivity index (χ2v) is 7.71.